The summed E-state index contributed by atoms with van der Waals surface area (Å²) in [7, 11) is 0. The van der Waals surface area contributed by atoms with Gasteiger partial charge < -0.3 is 10.4 Å². The number of nitrogens with zero attached hydrogens (tertiary/aromatic N) is 1. The van der Waals surface area contributed by atoms with Crippen molar-refractivity contribution in [2.24, 2.45) is 5.92 Å². The third-order valence-corrected chi connectivity index (χ3v) is 4.76. The van der Waals surface area contributed by atoms with E-state index in [4.69, 9.17) is 0 Å². The Morgan fingerprint density at radius 2 is 1.95 bits per heavy atom. The molecule has 0 bridgehead atoms. The Hall–Kier alpha value is -1.10. The predicted octanol–water partition coefficient (Wildman–Crippen LogP) is 1.62. The van der Waals surface area contributed by atoms with Gasteiger partial charge in [-0.25, -0.2) is 0 Å². The van der Waals surface area contributed by atoms with Gasteiger partial charge in [0.25, 0.3) is 0 Å². The Morgan fingerprint density at radius 1 is 1.20 bits per heavy atom. The van der Waals surface area contributed by atoms with Gasteiger partial charge in [0, 0.05) is 25.6 Å². The Balaban J connectivity index is 2.01. The van der Waals surface area contributed by atoms with E-state index in [9.17, 15) is 14.7 Å². The maximum Gasteiger partial charge on any atom is 0.320 e. The number of likely N-dealkylation sites (tertiary alicyclic amines) is 1. The van der Waals surface area contributed by atoms with Gasteiger partial charge in [-0.1, -0.05) is 12.8 Å². The molecule has 0 aromatic carbocycles. The lowest BCUT2D eigenvalue weighted by Crippen LogP contribution is -2.55. The second kappa shape index (κ2) is 7.07. The minimum atomic E-state index is -0.732. The number of hydrogen-bond acceptors (Lipinski definition) is 3. The van der Waals surface area contributed by atoms with Crippen LogP contribution in [0, 0.1) is 5.92 Å². The summed E-state index contributed by atoms with van der Waals surface area (Å²) in [5, 5.41) is 12.2. The quantitative estimate of drug-likeness (QED) is 0.804. The van der Waals surface area contributed by atoms with Crippen molar-refractivity contribution in [2.75, 3.05) is 13.1 Å². The average molecular weight is 282 g/mol. The molecule has 0 radical (unpaired) electrons. The van der Waals surface area contributed by atoms with Crippen LogP contribution in [-0.4, -0.2) is 47.1 Å². The number of carboxylic acids is 1. The van der Waals surface area contributed by atoms with E-state index in [2.05, 4.69) is 10.2 Å². The number of aliphatic carboxylic acids is 1. The van der Waals surface area contributed by atoms with E-state index >= 15 is 0 Å². The molecule has 3 atom stereocenters. The van der Waals surface area contributed by atoms with Crippen molar-refractivity contribution in [2.45, 2.75) is 64.0 Å². The standard InChI is InChI=1S/C15H26N2O3/c1-2-16-14(18)9-10-17-12-6-4-3-5-11(12)7-8-13(17)15(19)20/h11-13H,2-10H2,1H3,(H,16,18)(H,19,20). The van der Waals surface area contributed by atoms with Crippen LogP contribution >= 0.6 is 0 Å². The number of carbonyl (C=O) groups is 2. The van der Waals surface area contributed by atoms with Crippen LogP contribution in [0.25, 0.3) is 0 Å². The van der Waals surface area contributed by atoms with Gasteiger partial charge in [0.05, 0.1) is 0 Å². The van der Waals surface area contributed by atoms with Crippen LogP contribution in [-0.2, 0) is 9.59 Å². The van der Waals surface area contributed by atoms with Crippen molar-refractivity contribution >= 4 is 11.9 Å². The number of carboxylic acid groups (broad SMARTS) is 1. The molecule has 1 aliphatic heterocycles. The minimum Gasteiger partial charge on any atom is -0.480 e. The molecular formula is C15H26N2O3. The van der Waals surface area contributed by atoms with E-state index in [-0.39, 0.29) is 5.91 Å². The SMILES string of the molecule is CCNC(=O)CCN1C(C(=O)O)CCC2CCCCC21. The first-order chi connectivity index (χ1) is 9.63. The number of piperidine rings is 1. The first kappa shape index (κ1) is 15.3. The zero-order valence-corrected chi connectivity index (χ0v) is 12.3. The van der Waals surface area contributed by atoms with Crippen molar-refractivity contribution in [3.05, 3.63) is 0 Å². The van der Waals surface area contributed by atoms with E-state index in [1.54, 1.807) is 0 Å². The van der Waals surface area contributed by atoms with Crippen molar-refractivity contribution < 1.29 is 14.7 Å². The van der Waals surface area contributed by atoms with Gasteiger partial charge in [-0.2, -0.15) is 0 Å². The average Bonchev–Trinajstić information content (AvgIpc) is 2.44. The fourth-order valence-corrected chi connectivity index (χ4v) is 3.83. The summed E-state index contributed by atoms with van der Waals surface area (Å²) < 4.78 is 0. The Kier molecular flexibility index (Phi) is 5.40. The highest BCUT2D eigenvalue weighted by Gasteiger charge is 2.41. The van der Waals surface area contributed by atoms with Gasteiger partial charge in [0.1, 0.15) is 6.04 Å². The highest BCUT2D eigenvalue weighted by Crippen LogP contribution is 2.37. The van der Waals surface area contributed by atoms with Crippen LogP contribution in [0.5, 0.6) is 0 Å². The van der Waals surface area contributed by atoms with Crippen molar-refractivity contribution in [1.29, 1.82) is 0 Å². The summed E-state index contributed by atoms with van der Waals surface area (Å²) in [6, 6.07) is -0.0307. The highest BCUT2D eigenvalue weighted by atomic mass is 16.4. The molecule has 2 aliphatic rings. The summed E-state index contributed by atoms with van der Waals surface area (Å²) in [5.74, 6) is -0.0759. The first-order valence-corrected chi connectivity index (χ1v) is 7.88. The van der Waals surface area contributed by atoms with Gasteiger partial charge in [-0.15, -0.1) is 0 Å². The van der Waals surface area contributed by atoms with Crippen LogP contribution in [0.15, 0.2) is 0 Å². The Morgan fingerprint density at radius 3 is 2.65 bits per heavy atom. The molecule has 20 heavy (non-hydrogen) atoms. The lowest BCUT2D eigenvalue weighted by Gasteiger charge is -2.47. The zero-order valence-electron chi connectivity index (χ0n) is 12.3. The fraction of sp³-hybridized carbons (Fsp3) is 0.867. The van der Waals surface area contributed by atoms with Gasteiger partial charge >= 0.3 is 5.97 Å². The van der Waals surface area contributed by atoms with Crippen molar-refractivity contribution in [1.82, 2.24) is 10.2 Å². The number of fused-ring (bicyclic) bond motifs is 1. The van der Waals surface area contributed by atoms with E-state index in [0.29, 0.717) is 31.5 Å². The number of carbonyl (C=O) groups excluding carboxylic acids is 1. The van der Waals surface area contributed by atoms with Crippen LogP contribution in [0.4, 0.5) is 0 Å². The molecule has 2 N–H and O–H groups in total. The summed E-state index contributed by atoms with van der Waals surface area (Å²) in [6.45, 7) is 3.10. The summed E-state index contributed by atoms with van der Waals surface area (Å²) in [5.41, 5.74) is 0. The highest BCUT2D eigenvalue weighted by molar-refractivity contribution is 5.76. The summed E-state index contributed by atoms with van der Waals surface area (Å²) in [6.07, 6.45) is 6.92. The first-order valence-electron chi connectivity index (χ1n) is 7.88. The molecule has 2 fully saturated rings. The number of amides is 1. The largest absolute Gasteiger partial charge is 0.480 e. The Bertz CT molecular complexity index is 359. The molecule has 114 valence electrons. The lowest BCUT2D eigenvalue weighted by atomic mass is 9.76. The second-order valence-electron chi connectivity index (χ2n) is 5.98. The number of hydrogen-bond donors (Lipinski definition) is 2. The molecule has 0 aromatic heterocycles. The molecule has 1 heterocycles. The zero-order chi connectivity index (χ0) is 14.5. The fourth-order valence-electron chi connectivity index (χ4n) is 3.83. The van der Waals surface area contributed by atoms with E-state index < -0.39 is 12.0 Å². The molecule has 1 saturated heterocycles. The molecule has 3 unspecified atom stereocenters. The molecule has 0 aromatic rings. The van der Waals surface area contributed by atoms with Crippen molar-refractivity contribution in [3.63, 3.8) is 0 Å². The third kappa shape index (κ3) is 3.51. The molecule has 5 nitrogen and oxygen atoms in total. The topological polar surface area (TPSA) is 69.6 Å². The van der Waals surface area contributed by atoms with Crippen molar-refractivity contribution in [3.8, 4) is 0 Å². The van der Waals surface area contributed by atoms with Crippen LogP contribution in [0.2, 0.25) is 0 Å². The Labute approximate surface area is 120 Å². The summed E-state index contributed by atoms with van der Waals surface area (Å²) in [4.78, 5) is 25.2. The molecule has 1 saturated carbocycles. The van der Waals surface area contributed by atoms with E-state index in [1.165, 1.54) is 19.3 Å². The van der Waals surface area contributed by atoms with Gasteiger partial charge in [-0.3, -0.25) is 14.5 Å². The second-order valence-corrected chi connectivity index (χ2v) is 5.98. The van der Waals surface area contributed by atoms with Crippen LogP contribution in [0.3, 0.4) is 0 Å². The smallest absolute Gasteiger partial charge is 0.320 e. The number of rotatable bonds is 5. The van der Waals surface area contributed by atoms with Gasteiger partial charge in [-0.05, 0) is 38.5 Å². The molecule has 2 rings (SSSR count). The molecule has 0 spiro atoms. The molecule has 5 heteroatoms. The molecule has 1 amide bonds. The third-order valence-electron chi connectivity index (χ3n) is 4.76. The summed E-state index contributed by atoms with van der Waals surface area (Å²) >= 11 is 0. The maximum absolute atomic E-state index is 11.6. The monoisotopic (exact) mass is 282 g/mol. The van der Waals surface area contributed by atoms with Gasteiger partial charge in [0.2, 0.25) is 5.91 Å². The normalized spacial score (nSPS) is 30.6. The van der Waals surface area contributed by atoms with E-state index in [0.717, 1.165) is 19.3 Å². The van der Waals surface area contributed by atoms with Crippen LogP contribution in [0.1, 0.15) is 51.9 Å². The molecular weight excluding hydrogens is 256 g/mol. The van der Waals surface area contributed by atoms with Gasteiger partial charge in [0.15, 0.2) is 0 Å². The maximum atomic E-state index is 11.6. The predicted molar refractivity (Wildman–Crippen MR) is 76.4 cm³/mol. The molecule has 1 aliphatic carbocycles. The lowest BCUT2D eigenvalue weighted by molar-refractivity contribution is -0.148. The number of nitrogens with one attached hydrogen (secondary N) is 1. The minimum absolute atomic E-state index is 0.0228. The van der Waals surface area contributed by atoms with E-state index in [1.807, 2.05) is 6.92 Å². The van der Waals surface area contributed by atoms with Crippen LogP contribution < -0.4 is 5.32 Å².